The highest BCUT2D eigenvalue weighted by Crippen LogP contribution is 2.23. The summed E-state index contributed by atoms with van der Waals surface area (Å²) in [4.78, 5) is 14.4. The Morgan fingerprint density at radius 3 is 2.55 bits per heavy atom. The molecule has 3 nitrogen and oxygen atoms in total. The van der Waals surface area contributed by atoms with Crippen molar-refractivity contribution in [2.75, 3.05) is 13.1 Å². The van der Waals surface area contributed by atoms with Crippen LogP contribution >= 0.6 is 0 Å². The lowest BCUT2D eigenvalue weighted by atomic mass is 10.0. The van der Waals surface area contributed by atoms with Crippen LogP contribution in [-0.2, 0) is 11.2 Å². The highest BCUT2D eigenvalue weighted by molar-refractivity contribution is 5.76. The number of benzene rings is 1. The van der Waals surface area contributed by atoms with Crippen molar-refractivity contribution in [3.8, 4) is 0 Å². The third kappa shape index (κ3) is 3.59. The molecule has 0 radical (unpaired) electrons. The Kier molecular flexibility index (Phi) is 4.62. The van der Waals surface area contributed by atoms with Crippen LogP contribution in [0.3, 0.4) is 0 Å². The maximum atomic E-state index is 12.4. The maximum Gasteiger partial charge on any atom is 0.222 e. The number of aryl methyl sites for hydroxylation is 2. The summed E-state index contributed by atoms with van der Waals surface area (Å²) < 4.78 is 2.27. The molecule has 0 saturated carbocycles. The van der Waals surface area contributed by atoms with Crippen LogP contribution in [0.25, 0.3) is 0 Å². The number of amides is 1. The van der Waals surface area contributed by atoms with E-state index in [9.17, 15) is 4.79 Å². The van der Waals surface area contributed by atoms with Gasteiger partial charge in [0.1, 0.15) is 0 Å². The molecule has 116 valence electrons. The quantitative estimate of drug-likeness (QED) is 0.846. The fraction of sp³-hybridized carbons (Fsp3) is 0.421. The first-order chi connectivity index (χ1) is 10.7. The lowest BCUT2D eigenvalue weighted by Crippen LogP contribution is -2.39. The Bertz CT molecular complexity index is 610. The summed E-state index contributed by atoms with van der Waals surface area (Å²) in [6.45, 7) is 3.86. The number of aromatic nitrogens is 1. The molecule has 0 atom stereocenters. The van der Waals surface area contributed by atoms with Crippen molar-refractivity contribution in [1.29, 1.82) is 0 Å². The lowest BCUT2D eigenvalue weighted by molar-refractivity contribution is -0.132. The number of nitrogens with zero attached hydrogens (tertiary/aromatic N) is 2. The van der Waals surface area contributed by atoms with E-state index in [4.69, 9.17) is 0 Å². The Labute approximate surface area is 132 Å². The van der Waals surface area contributed by atoms with Gasteiger partial charge >= 0.3 is 0 Å². The number of hydrogen-bond donors (Lipinski definition) is 0. The molecule has 1 aliphatic rings. The standard InChI is InChI=1S/C19H24N2O/c1-16-5-4-6-17(15-16)7-8-19(22)21-13-9-18(10-14-21)20-11-2-3-12-20/h2-6,11-12,15,18H,7-10,13-14H2,1H3. The molecule has 1 aromatic carbocycles. The van der Waals surface area contributed by atoms with Crippen LogP contribution < -0.4 is 0 Å². The molecule has 0 N–H and O–H groups in total. The van der Waals surface area contributed by atoms with E-state index in [-0.39, 0.29) is 0 Å². The molecule has 1 aromatic heterocycles. The monoisotopic (exact) mass is 296 g/mol. The number of carbonyl (C=O) groups excluding carboxylic acids is 1. The summed E-state index contributed by atoms with van der Waals surface area (Å²) in [5.41, 5.74) is 2.52. The van der Waals surface area contributed by atoms with Crippen LogP contribution in [0.5, 0.6) is 0 Å². The maximum absolute atomic E-state index is 12.4. The highest BCUT2D eigenvalue weighted by Gasteiger charge is 2.22. The molecular weight excluding hydrogens is 272 g/mol. The van der Waals surface area contributed by atoms with Crippen LogP contribution in [0.4, 0.5) is 0 Å². The van der Waals surface area contributed by atoms with Gasteiger partial charge in [0, 0.05) is 37.9 Å². The molecule has 1 saturated heterocycles. The number of piperidine rings is 1. The highest BCUT2D eigenvalue weighted by atomic mass is 16.2. The predicted octanol–water partition coefficient (Wildman–Crippen LogP) is 3.59. The van der Waals surface area contributed by atoms with Crippen LogP contribution in [-0.4, -0.2) is 28.5 Å². The van der Waals surface area contributed by atoms with E-state index in [2.05, 4.69) is 60.3 Å². The van der Waals surface area contributed by atoms with E-state index >= 15 is 0 Å². The zero-order valence-electron chi connectivity index (χ0n) is 13.2. The van der Waals surface area contributed by atoms with Crippen LogP contribution in [0, 0.1) is 6.92 Å². The molecule has 22 heavy (non-hydrogen) atoms. The summed E-state index contributed by atoms with van der Waals surface area (Å²) in [6, 6.07) is 13.1. The first kappa shape index (κ1) is 14.9. The number of likely N-dealkylation sites (tertiary alicyclic amines) is 1. The molecule has 1 aliphatic heterocycles. The number of carbonyl (C=O) groups is 1. The van der Waals surface area contributed by atoms with Crippen molar-refractivity contribution in [2.24, 2.45) is 0 Å². The van der Waals surface area contributed by atoms with Crippen LogP contribution in [0.15, 0.2) is 48.8 Å². The predicted molar refractivity (Wildman–Crippen MR) is 88.8 cm³/mol. The second-order valence-electron chi connectivity index (χ2n) is 6.23. The van der Waals surface area contributed by atoms with Crippen LogP contribution in [0.1, 0.15) is 36.4 Å². The second-order valence-corrected chi connectivity index (χ2v) is 6.23. The smallest absolute Gasteiger partial charge is 0.222 e. The lowest BCUT2D eigenvalue weighted by Gasteiger charge is -2.33. The molecular formula is C19H24N2O. The van der Waals surface area contributed by atoms with Gasteiger partial charge in [-0.25, -0.2) is 0 Å². The zero-order chi connectivity index (χ0) is 15.4. The molecule has 2 heterocycles. The van der Waals surface area contributed by atoms with Gasteiger partial charge in [0.05, 0.1) is 0 Å². The van der Waals surface area contributed by atoms with E-state index < -0.39 is 0 Å². The normalized spacial score (nSPS) is 16.0. The summed E-state index contributed by atoms with van der Waals surface area (Å²) >= 11 is 0. The number of hydrogen-bond acceptors (Lipinski definition) is 1. The molecule has 1 fully saturated rings. The van der Waals surface area contributed by atoms with E-state index in [1.807, 2.05) is 4.90 Å². The summed E-state index contributed by atoms with van der Waals surface area (Å²) in [7, 11) is 0. The topological polar surface area (TPSA) is 25.2 Å². The zero-order valence-corrected chi connectivity index (χ0v) is 13.2. The molecule has 0 spiro atoms. The summed E-state index contributed by atoms with van der Waals surface area (Å²) in [5, 5.41) is 0. The Hall–Kier alpha value is -2.03. The van der Waals surface area contributed by atoms with E-state index in [0.717, 1.165) is 32.4 Å². The van der Waals surface area contributed by atoms with Gasteiger partial charge in [-0.05, 0) is 43.9 Å². The van der Waals surface area contributed by atoms with Gasteiger partial charge in [-0.1, -0.05) is 29.8 Å². The van der Waals surface area contributed by atoms with E-state index in [0.29, 0.717) is 18.4 Å². The summed E-state index contributed by atoms with van der Waals surface area (Å²) in [6.07, 6.45) is 7.84. The van der Waals surface area contributed by atoms with Crippen LogP contribution in [0.2, 0.25) is 0 Å². The van der Waals surface area contributed by atoms with Gasteiger partial charge in [-0.2, -0.15) is 0 Å². The fourth-order valence-electron chi connectivity index (χ4n) is 3.28. The Morgan fingerprint density at radius 2 is 1.86 bits per heavy atom. The van der Waals surface area contributed by atoms with Crippen molar-refractivity contribution in [3.05, 3.63) is 59.9 Å². The first-order valence-corrected chi connectivity index (χ1v) is 8.18. The first-order valence-electron chi connectivity index (χ1n) is 8.18. The molecule has 2 aromatic rings. The minimum Gasteiger partial charge on any atom is -0.351 e. The van der Waals surface area contributed by atoms with Crippen molar-refractivity contribution >= 4 is 5.91 Å². The van der Waals surface area contributed by atoms with Crippen molar-refractivity contribution in [2.45, 2.75) is 38.6 Å². The van der Waals surface area contributed by atoms with Crippen molar-refractivity contribution in [1.82, 2.24) is 9.47 Å². The molecule has 0 aliphatic carbocycles. The minimum absolute atomic E-state index is 0.299. The van der Waals surface area contributed by atoms with Gasteiger partial charge in [-0.15, -0.1) is 0 Å². The molecule has 0 bridgehead atoms. The largest absolute Gasteiger partial charge is 0.351 e. The third-order valence-electron chi connectivity index (χ3n) is 4.58. The van der Waals surface area contributed by atoms with E-state index in [1.54, 1.807) is 0 Å². The minimum atomic E-state index is 0.299. The second kappa shape index (κ2) is 6.82. The average molecular weight is 296 g/mol. The molecule has 3 heteroatoms. The van der Waals surface area contributed by atoms with Crippen molar-refractivity contribution < 1.29 is 4.79 Å². The van der Waals surface area contributed by atoms with Crippen molar-refractivity contribution in [3.63, 3.8) is 0 Å². The summed E-state index contributed by atoms with van der Waals surface area (Å²) in [5.74, 6) is 0.299. The fourth-order valence-corrected chi connectivity index (χ4v) is 3.28. The van der Waals surface area contributed by atoms with Gasteiger partial charge in [0.15, 0.2) is 0 Å². The van der Waals surface area contributed by atoms with Gasteiger partial charge in [-0.3, -0.25) is 4.79 Å². The van der Waals surface area contributed by atoms with Gasteiger partial charge < -0.3 is 9.47 Å². The molecule has 0 unspecified atom stereocenters. The van der Waals surface area contributed by atoms with E-state index in [1.165, 1.54) is 11.1 Å². The third-order valence-corrected chi connectivity index (χ3v) is 4.58. The number of rotatable bonds is 4. The van der Waals surface area contributed by atoms with Gasteiger partial charge in [0.2, 0.25) is 5.91 Å². The Balaban J connectivity index is 1.48. The molecule has 1 amide bonds. The average Bonchev–Trinajstić information content (AvgIpc) is 3.07. The Morgan fingerprint density at radius 1 is 1.14 bits per heavy atom. The SMILES string of the molecule is Cc1cccc(CCC(=O)N2CCC(n3cccc3)CC2)c1. The molecule has 3 rings (SSSR count). The van der Waals surface area contributed by atoms with Gasteiger partial charge in [0.25, 0.3) is 0 Å².